The van der Waals surface area contributed by atoms with E-state index in [1.165, 1.54) is 0 Å². The number of hydrogen-bond donors (Lipinski definition) is 1. The third-order valence-electron chi connectivity index (χ3n) is 3.21. The molecule has 0 spiro atoms. The molecule has 0 saturated carbocycles. The van der Waals surface area contributed by atoms with Crippen LogP contribution in [0.5, 0.6) is 0 Å². The van der Waals surface area contributed by atoms with Gasteiger partial charge in [-0.05, 0) is 30.4 Å². The van der Waals surface area contributed by atoms with Crippen LogP contribution in [0.4, 0.5) is 0 Å². The number of rotatable bonds is 2. The highest BCUT2D eigenvalue weighted by Crippen LogP contribution is 2.29. The Bertz CT molecular complexity index is 397. The van der Waals surface area contributed by atoms with Crippen LogP contribution in [-0.2, 0) is 4.74 Å². The molecule has 1 aromatic carbocycles. The summed E-state index contributed by atoms with van der Waals surface area (Å²) in [6, 6.07) is 9.76. The Morgan fingerprint density at radius 3 is 2.59 bits per heavy atom. The molecule has 1 atom stereocenters. The van der Waals surface area contributed by atoms with E-state index in [-0.39, 0.29) is 18.4 Å². The van der Waals surface area contributed by atoms with Crippen molar-refractivity contribution in [3.63, 3.8) is 0 Å². The zero-order valence-corrected chi connectivity index (χ0v) is 10.5. The topological polar surface area (TPSA) is 59.0 Å². The van der Waals surface area contributed by atoms with Gasteiger partial charge in [0.2, 0.25) is 0 Å². The van der Waals surface area contributed by atoms with Crippen molar-refractivity contribution in [1.29, 1.82) is 5.26 Å². The van der Waals surface area contributed by atoms with E-state index in [1.54, 1.807) is 0 Å². The average molecular weight is 253 g/mol. The Kier molecular flexibility index (Phi) is 5.43. The molecule has 0 aromatic heterocycles. The van der Waals surface area contributed by atoms with Crippen molar-refractivity contribution < 1.29 is 4.74 Å². The van der Waals surface area contributed by atoms with Crippen LogP contribution in [0.2, 0.25) is 0 Å². The predicted molar refractivity (Wildman–Crippen MR) is 68.9 cm³/mol. The molecular formula is C13H17ClN2O. The van der Waals surface area contributed by atoms with Gasteiger partial charge in [0.15, 0.2) is 0 Å². The van der Waals surface area contributed by atoms with E-state index in [0.29, 0.717) is 11.5 Å². The van der Waals surface area contributed by atoms with E-state index in [1.807, 2.05) is 24.3 Å². The van der Waals surface area contributed by atoms with Crippen LogP contribution >= 0.6 is 12.4 Å². The van der Waals surface area contributed by atoms with E-state index >= 15 is 0 Å². The van der Waals surface area contributed by atoms with Crippen LogP contribution in [0.25, 0.3) is 0 Å². The molecular weight excluding hydrogens is 236 g/mol. The smallest absolute Gasteiger partial charge is 0.0995 e. The van der Waals surface area contributed by atoms with Gasteiger partial charge in [0.1, 0.15) is 0 Å². The first-order valence-corrected chi connectivity index (χ1v) is 5.65. The maximum absolute atomic E-state index is 9.04. The van der Waals surface area contributed by atoms with Crippen LogP contribution in [0.15, 0.2) is 24.3 Å². The molecule has 2 rings (SSSR count). The van der Waals surface area contributed by atoms with Crippen LogP contribution in [0.1, 0.15) is 30.0 Å². The molecule has 3 nitrogen and oxygen atoms in total. The number of nitrogens with two attached hydrogens (primary N) is 1. The standard InChI is InChI=1S/C13H16N2O.ClH/c14-9-11-3-1-2-4-12(11)13(15)10-5-7-16-8-6-10;/h1-4,10,13H,5-8,15H2;1H/t13-;/m0./s1. The van der Waals surface area contributed by atoms with Crippen molar-refractivity contribution in [1.82, 2.24) is 0 Å². The van der Waals surface area contributed by atoms with Crippen molar-refractivity contribution in [2.45, 2.75) is 18.9 Å². The van der Waals surface area contributed by atoms with Gasteiger partial charge in [-0.2, -0.15) is 5.26 Å². The van der Waals surface area contributed by atoms with Crippen LogP contribution in [0, 0.1) is 17.2 Å². The molecule has 1 fully saturated rings. The molecule has 0 amide bonds. The average Bonchev–Trinajstić information content (AvgIpc) is 2.39. The summed E-state index contributed by atoms with van der Waals surface area (Å²) in [5.41, 5.74) is 7.90. The lowest BCUT2D eigenvalue weighted by atomic mass is 9.86. The summed E-state index contributed by atoms with van der Waals surface area (Å²) in [4.78, 5) is 0. The Hall–Kier alpha value is -1.08. The maximum Gasteiger partial charge on any atom is 0.0995 e. The Labute approximate surface area is 108 Å². The van der Waals surface area contributed by atoms with Gasteiger partial charge in [0.05, 0.1) is 11.6 Å². The lowest BCUT2D eigenvalue weighted by Crippen LogP contribution is -2.28. The van der Waals surface area contributed by atoms with Crippen LogP contribution < -0.4 is 5.73 Å². The molecule has 1 heterocycles. The van der Waals surface area contributed by atoms with Crippen molar-refractivity contribution in [3.8, 4) is 6.07 Å². The zero-order valence-electron chi connectivity index (χ0n) is 9.63. The molecule has 0 unspecified atom stereocenters. The second kappa shape index (κ2) is 6.61. The molecule has 17 heavy (non-hydrogen) atoms. The summed E-state index contributed by atoms with van der Waals surface area (Å²) in [5, 5.41) is 9.04. The molecule has 0 radical (unpaired) electrons. The van der Waals surface area contributed by atoms with Crippen molar-refractivity contribution in [2.24, 2.45) is 11.7 Å². The first kappa shape index (κ1) is 14.0. The number of hydrogen-bond acceptors (Lipinski definition) is 3. The zero-order chi connectivity index (χ0) is 11.4. The minimum atomic E-state index is -0.0419. The number of halogens is 1. The fraction of sp³-hybridized carbons (Fsp3) is 0.462. The van der Waals surface area contributed by atoms with Gasteiger partial charge in [-0.25, -0.2) is 0 Å². The van der Waals surface area contributed by atoms with Gasteiger partial charge in [-0.3, -0.25) is 0 Å². The minimum Gasteiger partial charge on any atom is -0.381 e. The second-order valence-corrected chi connectivity index (χ2v) is 4.17. The maximum atomic E-state index is 9.04. The van der Waals surface area contributed by atoms with Gasteiger partial charge in [-0.15, -0.1) is 12.4 Å². The normalized spacial score (nSPS) is 17.9. The molecule has 2 N–H and O–H groups in total. The summed E-state index contributed by atoms with van der Waals surface area (Å²) in [7, 11) is 0. The molecule has 0 bridgehead atoms. The monoisotopic (exact) mass is 252 g/mol. The van der Waals surface area contributed by atoms with E-state index in [9.17, 15) is 0 Å². The van der Waals surface area contributed by atoms with Gasteiger partial charge < -0.3 is 10.5 Å². The van der Waals surface area contributed by atoms with E-state index < -0.39 is 0 Å². The number of nitrogens with zero attached hydrogens (tertiary/aromatic N) is 1. The molecule has 0 aliphatic carbocycles. The summed E-state index contributed by atoms with van der Waals surface area (Å²) >= 11 is 0. The SMILES string of the molecule is Cl.N#Cc1ccccc1[C@@H](N)C1CCOCC1. The Balaban J connectivity index is 0.00000144. The Morgan fingerprint density at radius 2 is 1.94 bits per heavy atom. The van der Waals surface area contributed by atoms with Crippen LogP contribution in [0.3, 0.4) is 0 Å². The quantitative estimate of drug-likeness (QED) is 0.879. The fourth-order valence-corrected chi connectivity index (χ4v) is 2.22. The van der Waals surface area contributed by atoms with Gasteiger partial charge in [-0.1, -0.05) is 18.2 Å². The van der Waals surface area contributed by atoms with Gasteiger partial charge in [0.25, 0.3) is 0 Å². The lowest BCUT2D eigenvalue weighted by molar-refractivity contribution is 0.0583. The molecule has 1 saturated heterocycles. The highest BCUT2D eigenvalue weighted by atomic mass is 35.5. The first-order valence-electron chi connectivity index (χ1n) is 5.65. The third-order valence-corrected chi connectivity index (χ3v) is 3.21. The summed E-state index contributed by atoms with van der Waals surface area (Å²) in [5.74, 6) is 0.434. The first-order chi connectivity index (χ1) is 7.83. The second-order valence-electron chi connectivity index (χ2n) is 4.17. The molecule has 1 aromatic rings. The largest absolute Gasteiger partial charge is 0.381 e. The number of nitriles is 1. The highest BCUT2D eigenvalue weighted by Gasteiger charge is 2.23. The molecule has 1 aliphatic heterocycles. The molecule has 4 heteroatoms. The highest BCUT2D eigenvalue weighted by molar-refractivity contribution is 5.85. The molecule has 1 aliphatic rings. The van der Waals surface area contributed by atoms with Gasteiger partial charge >= 0.3 is 0 Å². The van der Waals surface area contributed by atoms with Crippen molar-refractivity contribution in [3.05, 3.63) is 35.4 Å². The predicted octanol–water partition coefficient (Wildman–Crippen LogP) is 2.41. The van der Waals surface area contributed by atoms with E-state index in [2.05, 4.69) is 6.07 Å². The molecule has 92 valence electrons. The van der Waals surface area contributed by atoms with E-state index in [0.717, 1.165) is 31.6 Å². The number of ether oxygens (including phenoxy) is 1. The summed E-state index contributed by atoms with van der Waals surface area (Å²) in [6.45, 7) is 1.57. The number of benzene rings is 1. The Morgan fingerprint density at radius 1 is 1.29 bits per heavy atom. The van der Waals surface area contributed by atoms with Gasteiger partial charge in [0, 0.05) is 19.3 Å². The fourth-order valence-electron chi connectivity index (χ4n) is 2.22. The third kappa shape index (κ3) is 3.19. The minimum absolute atomic E-state index is 0. The lowest BCUT2D eigenvalue weighted by Gasteiger charge is -2.28. The van der Waals surface area contributed by atoms with Crippen LogP contribution in [-0.4, -0.2) is 13.2 Å². The van der Waals surface area contributed by atoms with Crippen molar-refractivity contribution >= 4 is 12.4 Å². The summed E-state index contributed by atoms with van der Waals surface area (Å²) in [6.07, 6.45) is 1.97. The van der Waals surface area contributed by atoms with E-state index in [4.69, 9.17) is 15.7 Å². The van der Waals surface area contributed by atoms with Crippen molar-refractivity contribution in [2.75, 3.05) is 13.2 Å². The summed E-state index contributed by atoms with van der Waals surface area (Å²) < 4.78 is 5.32.